The zero-order valence-electron chi connectivity index (χ0n) is 14.8. The number of carbonyl (C=O) groups is 1. The molecule has 2 N–H and O–H groups in total. The first-order valence-electron chi connectivity index (χ1n) is 8.76. The molecule has 1 aromatic carbocycles. The van der Waals surface area contributed by atoms with E-state index in [4.69, 9.17) is 4.74 Å². The number of aryl methyl sites for hydroxylation is 2. The van der Waals surface area contributed by atoms with E-state index in [1.165, 1.54) is 5.56 Å². The molecule has 3 rings (SSSR count). The minimum atomic E-state index is -0.191. The number of benzene rings is 1. The second-order valence-corrected chi connectivity index (χ2v) is 6.61. The van der Waals surface area contributed by atoms with E-state index in [0.29, 0.717) is 5.92 Å². The Morgan fingerprint density at radius 2 is 2.00 bits per heavy atom. The molecule has 1 aromatic heterocycles. The van der Waals surface area contributed by atoms with E-state index >= 15 is 0 Å². The smallest absolute Gasteiger partial charge is 0.319 e. The monoisotopic (exact) mass is 339 g/mol. The number of hydrogen-bond acceptors (Lipinski definition) is 3. The maximum absolute atomic E-state index is 12.6. The maximum Gasteiger partial charge on any atom is 0.319 e. The zero-order chi connectivity index (χ0) is 17.6. The van der Waals surface area contributed by atoms with E-state index in [9.17, 15) is 4.79 Å². The van der Waals surface area contributed by atoms with Crippen LogP contribution in [0, 0.1) is 19.8 Å². The van der Waals surface area contributed by atoms with Gasteiger partial charge in [-0.15, -0.1) is 0 Å². The van der Waals surface area contributed by atoms with Crippen molar-refractivity contribution in [1.82, 2.24) is 10.3 Å². The third-order valence-electron chi connectivity index (χ3n) is 4.83. The van der Waals surface area contributed by atoms with Crippen LogP contribution in [0.2, 0.25) is 0 Å². The minimum Gasteiger partial charge on any atom is -0.381 e. The second kappa shape index (κ2) is 8.12. The molecule has 1 saturated heterocycles. The lowest BCUT2D eigenvalue weighted by Gasteiger charge is -2.31. The summed E-state index contributed by atoms with van der Waals surface area (Å²) < 4.78 is 5.47. The molecule has 132 valence electrons. The fourth-order valence-electron chi connectivity index (χ4n) is 3.21. The largest absolute Gasteiger partial charge is 0.381 e. The highest BCUT2D eigenvalue weighted by molar-refractivity contribution is 5.89. The molecule has 1 atom stereocenters. The van der Waals surface area contributed by atoms with Gasteiger partial charge in [-0.2, -0.15) is 0 Å². The number of pyridine rings is 1. The van der Waals surface area contributed by atoms with Crippen LogP contribution in [0.25, 0.3) is 0 Å². The van der Waals surface area contributed by atoms with Crippen LogP contribution in [0.15, 0.2) is 42.7 Å². The molecule has 1 unspecified atom stereocenters. The van der Waals surface area contributed by atoms with E-state index in [1.54, 1.807) is 6.20 Å². The topological polar surface area (TPSA) is 63.2 Å². The molecular formula is C20H25N3O2. The number of aromatic nitrogens is 1. The molecule has 2 aromatic rings. The number of rotatable bonds is 4. The molecule has 1 fully saturated rings. The number of urea groups is 1. The number of nitrogens with zero attached hydrogens (tertiary/aromatic N) is 1. The lowest BCUT2D eigenvalue weighted by Crippen LogP contribution is -2.38. The summed E-state index contributed by atoms with van der Waals surface area (Å²) in [6.07, 6.45) is 5.45. The van der Waals surface area contributed by atoms with Crippen molar-refractivity contribution in [3.63, 3.8) is 0 Å². The van der Waals surface area contributed by atoms with E-state index in [1.807, 2.05) is 43.5 Å². The summed E-state index contributed by atoms with van der Waals surface area (Å²) in [5.74, 6) is 0.350. The highest BCUT2D eigenvalue weighted by Crippen LogP contribution is 2.29. The van der Waals surface area contributed by atoms with Gasteiger partial charge < -0.3 is 15.4 Å². The molecule has 1 aliphatic heterocycles. The van der Waals surface area contributed by atoms with Crippen molar-refractivity contribution in [2.24, 2.45) is 5.92 Å². The summed E-state index contributed by atoms with van der Waals surface area (Å²) in [6, 6.07) is 9.60. The molecule has 0 spiro atoms. The lowest BCUT2D eigenvalue weighted by atomic mass is 9.88. The first-order valence-corrected chi connectivity index (χ1v) is 8.76. The van der Waals surface area contributed by atoms with E-state index < -0.39 is 0 Å². The van der Waals surface area contributed by atoms with Gasteiger partial charge in [-0.05, 0) is 67.5 Å². The van der Waals surface area contributed by atoms with Gasteiger partial charge in [0.2, 0.25) is 0 Å². The minimum absolute atomic E-state index is 0.0656. The SMILES string of the molecule is Cc1ccc(NC(=O)NC(c2cccnc2)C2CCOCC2)cc1C. The molecule has 1 aliphatic rings. The molecule has 0 radical (unpaired) electrons. The van der Waals surface area contributed by atoms with Crippen molar-refractivity contribution in [1.29, 1.82) is 0 Å². The molecule has 2 heterocycles. The number of ether oxygens (including phenoxy) is 1. The van der Waals surface area contributed by atoms with Crippen molar-refractivity contribution in [2.75, 3.05) is 18.5 Å². The predicted octanol–water partition coefficient (Wildman–Crippen LogP) is 3.99. The summed E-state index contributed by atoms with van der Waals surface area (Å²) in [5, 5.41) is 6.09. The molecule has 0 saturated carbocycles. The van der Waals surface area contributed by atoms with Crippen molar-refractivity contribution < 1.29 is 9.53 Å². The number of amides is 2. The van der Waals surface area contributed by atoms with Crippen molar-refractivity contribution in [3.05, 3.63) is 59.4 Å². The van der Waals surface area contributed by atoms with Gasteiger partial charge in [0.15, 0.2) is 0 Å². The predicted molar refractivity (Wildman–Crippen MR) is 98.6 cm³/mol. The Bertz CT molecular complexity index is 712. The second-order valence-electron chi connectivity index (χ2n) is 6.61. The summed E-state index contributed by atoms with van der Waals surface area (Å²) in [5.41, 5.74) is 4.20. The van der Waals surface area contributed by atoms with Crippen LogP contribution in [0.4, 0.5) is 10.5 Å². The highest BCUT2D eigenvalue weighted by atomic mass is 16.5. The van der Waals surface area contributed by atoms with Crippen molar-refractivity contribution >= 4 is 11.7 Å². The summed E-state index contributed by atoms with van der Waals surface area (Å²) in [4.78, 5) is 16.8. The molecule has 0 bridgehead atoms. The Morgan fingerprint density at radius 1 is 1.20 bits per heavy atom. The zero-order valence-corrected chi connectivity index (χ0v) is 14.8. The van der Waals surface area contributed by atoms with Crippen molar-refractivity contribution in [2.45, 2.75) is 32.7 Å². The standard InChI is InChI=1S/C20H25N3O2/c1-14-5-6-18(12-15(14)2)22-20(24)23-19(16-7-10-25-11-8-16)17-4-3-9-21-13-17/h3-6,9,12-13,16,19H,7-8,10-11H2,1-2H3,(H2,22,23,24). The van der Waals surface area contributed by atoms with Crippen LogP contribution in [-0.4, -0.2) is 24.2 Å². The van der Waals surface area contributed by atoms with Crippen LogP contribution in [0.1, 0.15) is 35.6 Å². The van der Waals surface area contributed by atoms with Crippen LogP contribution < -0.4 is 10.6 Å². The molecular weight excluding hydrogens is 314 g/mol. The first kappa shape index (κ1) is 17.4. The number of carbonyl (C=O) groups excluding carboxylic acids is 1. The molecule has 25 heavy (non-hydrogen) atoms. The van der Waals surface area contributed by atoms with Gasteiger partial charge in [0.05, 0.1) is 6.04 Å². The Hall–Kier alpha value is -2.40. The van der Waals surface area contributed by atoms with Gasteiger partial charge in [0.1, 0.15) is 0 Å². The third-order valence-corrected chi connectivity index (χ3v) is 4.83. The van der Waals surface area contributed by atoms with Gasteiger partial charge in [0, 0.05) is 31.3 Å². The fraction of sp³-hybridized carbons (Fsp3) is 0.400. The van der Waals surface area contributed by atoms with Gasteiger partial charge in [-0.25, -0.2) is 4.79 Å². The van der Waals surface area contributed by atoms with Gasteiger partial charge in [-0.3, -0.25) is 4.98 Å². The lowest BCUT2D eigenvalue weighted by molar-refractivity contribution is 0.0550. The average Bonchev–Trinajstić information content (AvgIpc) is 2.64. The van der Waals surface area contributed by atoms with Crippen LogP contribution in [0.3, 0.4) is 0 Å². The summed E-state index contributed by atoms with van der Waals surface area (Å²) in [6.45, 7) is 5.57. The molecule has 5 heteroatoms. The maximum atomic E-state index is 12.6. The van der Waals surface area contributed by atoms with E-state index in [0.717, 1.165) is 42.9 Å². The number of nitrogens with one attached hydrogen (secondary N) is 2. The Morgan fingerprint density at radius 3 is 2.68 bits per heavy atom. The first-order chi connectivity index (χ1) is 12.1. The van der Waals surface area contributed by atoms with Gasteiger partial charge >= 0.3 is 6.03 Å². The number of hydrogen-bond donors (Lipinski definition) is 2. The third kappa shape index (κ3) is 4.57. The molecule has 0 aliphatic carbocycles. The quantitative estimate of drug-likeness (QED) is 0.885. The van der Waals surface area contributed by atoms with E-state index in [-0.39, 0.29) is 12.1 Å². The average molecular weight is 339 g/mol. The van der Waals surface area contributed by atoms with Crippen molar-refractivity contribution in [3.8, 4) is 0 Å². The Labute approximate surface area is 148 Å². The number of anilines is 1. The van der Waals surface area contributed by atoms with Gasteiger partial charge in [0.25, 0.3) is 0 Å². The normalized spacial score (nSPS) is 16.2. The van der Waals surface area contributed by atoms with E-state index in [2.05, 4.69) is 22.5 Å². The molecule has 2 amide bonds. The van der Waals surface area contributed by atoms with Crippen LogP contribution in [0.5, 0.6) is 0 Å². The van der Waals surface area contributed by atoms with Crippen LogP contribution >= 0.6 is 0 Å². The van der Waals surface area contributed by atoms with Gasteiger partial charge in [-0.1, -0.05) is 12.1 Å². The fourth-order valence-corrected chi connectivity index (χ4v) is 3.21. The van der Waals surface area contributed by atoms with Crippen LogP contribution in [-0.2, 0) is 4.74 Å². The Balaban J connectivity index is 1.72. The molecule has 5 nitrogen and oxygen atoms in total. The Kier molecular flexibility index (Phi) is 5.66. The summed E-state index contributed by atoms with van der Waals surface area (Å²) in [7, 11) is 0. The summed E-state index contributed by atoms with van der Waals surface area (Å²) >= 11 is 0. The highest BCUT2D eigenvalue weighted by Gasteiger charge is 2.27.